The Bertz CT molecular complexity index is 356. The molecule has 0 fully saturated rings. The lowest BCUT2D eigenvalue weighted by Gasteiger charge is -2.17. The molecule has 16 heavy (non-hydrogen) atoms. The summed E-state index contributed by atoms with van der Waals surface area (Å²) in [5.74, 6) is 0.426. The Labute approximate surface area is 94.3 Å². The number of aromatic nitrogens is 2. The second-order valence-corrected chi connectivity index (χ2v) is 4.76. The van der Waals surface area contributed by atoms with Crippen LogP contribution >= 0.6 is 0 Å². The van der Waals surface area contributed by atoms with Crippen molar-refractivity contribution >= 4 is 11.6 Å². The van der Waals surface area contributed by atoms with Gasteiger partial charge >= 0.3 is 5.69 Å². The highest BCUT2D eigenvalue weighted by atomic mass is 16.6. The highest BCUT2D eigenvalue weighted by Crippen LogP contribution is 2.18. The fraction of sp³-hybridized carbons (Fsp3) is 0.600. The van der Waals surface area contributed by atoms with Crippen LogP contribution in [0.2, 0.25) is 0 Å². The highest BCUT2D eigenvalue weighted by Gasteiger charge is 2.10. The van der Waals surface area contributed by atoms with Crippen molar-refractivity contribution in [2.75, 3.05) is 11.9 Å². The van der Waals surface area contributed by atoms with Crippen LogP contribution in [0.25, 0.3) is 0 Å². The highest BCUT2D eigenvalue weighted by molar-refractivity contribution is 5.30. The van der Waals surface area contributed by atoms with E-state index in [9.17, 15) is 10.1 Å². The molecule has 1 aromatic rings. The number of rotatable bonds is 4. The van der Waals surface area contributed by atoms with Crippen LogP contribution in [0, 0.1) is 15.5 Å². The van der Waals surface area contributed by atoms with Crippen LogP contribution in [-0.4, -0.2) is 21.4 Å². The van der Waals surface area contributed by atoms with Gasteiger partial charge in [-0.2, -0.15) is 0 Å². The molecule has 0 aliphatic rings. The van der Waals surface area contributed by atoms with Crippen molar-refractivity contribution in [3.8, 4) is 0 Å². The molecule has 0 aliphatic carbocycles. The lowest BCUT2D eigenvalue weighted by Crippen LogP contribution is -2.14. The number of nitrogens with one attached hydrogen (secondary N) is 1. The van der Waals surface area contributed by atoms with Gasteiger partial charge in [-0.05, 0) is 11.8 Å². The van der Waals surface area contributed by atoms with E-state index in [1.807, 2.05) is 0 Å². The van der Waals surface area contributed by atoms with Gasteiger partial charge in [-0.25, -0.2) is 9.97 Å². The van der Waals surface area contributed by atoms with Crippen molar-refractivity contribution in [1.29, 1.82) is 0 Å². The van der Waals surface area contributed by atoms with Crippen LogP contribution in [0.5, 0.6) is 0 Å². The predicted octanol–water partition coefficient (Wildman–Crippen LogP) is 2.23. The molecule has 1 heterocycles. The quantitative estimate of drug-likeness (QED) is 0.626. The van der Waals surface area contributed by atoms with Gasteiger partial charge in [0.05, 0.1) is 4.92 Å². The summed E-state index contributed by atoms with van der Waals surface area (Å²) in [6.45, 7) is 7.18. The maximum absolute atomic E-state index is 10.4. The Balaban J connectivity index is 2.47. The van der Waals surface area contributed by atoms with Gasteiger partial charge in [-0.3, -0.25) is 10.1 Å². The molecule has 88 valence electrons. The smallest absolute Gasteiger partial charge is 0.305 e. The van der Waals surface area contributed by atoms with E-state index in [4.69, 9.17) is 0 Å². The molecule has 1 rings (SSSR count). The minimum atomic E-state index is -0.515. The van der Waals surface area contributed by atoms with E-state index in [0.717, 1.165) is 13.0 Å². The van der Waals surface area contributed by atoms with Crippen molar-refractivity contribution in [2.24, 2.45) is 5.41 Å². The normalized spacial score (nSPS) is 11.2. The topological polar surface area (TPSA) is 81.0 Å². The van der Waals surface area contributed by atoms with E-state index in [2.05, 4.69) is 36.1 Å². The second-order valence-electron chi connectivity index (χ2n) is 4.76. The number of hydrogen-bond acceptors (Lipinski definition) is 5. The van der Waals surface area contributed by atoms with Crippen molar-refractivity contribution in [1.82, 2.24) is 9.97 Å². The molecule has 1 aromatic heterocycles. The number of anilines is 1. The molecule has 0 saturated carbocycles. The lowest BCUT2D eigenvalue weighted by atomic mass is 9.92. The Hall–Kier alpha value is -1.72. The number of hydrogen-bond donors (Lipinski definition) is 1. The van der Waals surface area contributed by atoms with Crippen LogP contribution < -0.4 is 5.32 Å². The molecule has 0 aliphatic heterocycles. The summed E-state index contributed by atoms with van der Waals surface area (Å²) in [6, 6.07) is 0. The van der Waals surface area contributed by atoms with E-state index < -0.39 is 4.92 Å². The van der Waals surface area contributed by atoms with E-state index >= 15 is 0 Å². The van der Waals surface area contributed by atoms with Crippen molar-refractivity contribution in [2.45, 2.75) is 27.2 Å². The zero-order valence-electron chi connectivity index (χ0n) is 9.73. The molecular weight excluding hydrogens is 208 g/mol. The first-order valence-electron chi connectivity index (χ1n) is 5.09. The number of nitrogens with zero attached hydrogens (tertiary/aromatic N) is 3. The Morgan fingerprint density at radius 3 is 2.38 bits per heavy atom. The van der Waals surface area contributed by atoms with E-state index in [1.165, 1.54) is 12.4 Å². The average Bonchev–Trinajstić information content (AvgIpc) is 2.16. The third-order valence-electron chi connectivity index (χ3n) is 2.01. The molecule has 0 unspecified atom stereocenters. The second kappa shape index (κ2) is 4.87. The molecule has 0 saturated heterocycles. The van der Waals surface area contributed by atoms with Gasteiger partial charge in [0.1, 0.15) is 12.4 Å². The minimum Gasteiger partial charge on any atom is -0.354 e. The van der Waals surface area contributed by atoms with Crippen molar-refractivity contribution in [3.63, 3.8) is 0 Å². The molecule has 6 heteroatoms. The zero-order chi connectivity index (χ0) is 12.2. The molecule has 0 atom stereocenters. The first-order valence-corrected chi connectivity index (χ1v) is 5.09. The summed E-state index contributed by atoms with van der Waals surface area (Å²) in [5, 5.41) is 13.4. The monoisotopic (exact) mass is 224 g/mol. The molecule has 0 amide bonds. The first kappa shape index (κ1) is 12.4. The first-order chi connectivity index (χ1) is 7.38. The summed E-state index contributed by atoms with van der Waals surface area (Å²) >= 11 is 0. The molecule has 0 bridgehead atoms. The van der Waals surface area contributed by atoms with Gasteiger partial charge in [0.2, 0.25) is 5.95 Å². The van der Waals surface area contributed by atoms with Crippen LogP contribution in [0.3, 0.4) is 0 Å². The summed E-state index contributed by atoms with van der Waals surface area (Å²) in [4.78, 5) is 17.6. The summed E-state index contributed by atoms with van der Waals surface area (Å²) in [5.41, 5.74) is 0.148. The van der Waals surface area contributed by atoms with Gasteiger partial charge < -0.3 is 5.32 Å². The summed E-state index contributed by atoms with van der Waals surface area (Å²) < 4.78 is 0. The lowest BCUT2D eigenvalue weighted by molar-refractivity contribution is -0.385. The van der Waals surface area contributed by atoms with Crippen LogP contribution in [-0.2, 0) is 0 Å². The van der Waals surface area contributed by atoms with Gasteiger partial charge in [0.15, 0.2) is 0 Å². The zero-order valence-corrected chi connectivity index (χ0v) is 9.73. The fourth-order valence-corrected chi connectivity index (χ4v) is 1.06. The van der Waals surface area contributed by atoms with Gasteiger partial charge in [-0.1, -0.05) is 20.8 Å². The van der Waals surface area contributed by atoms with Crippen LogP contribution in [0.1, 0.15) is 27.2 Å². The summed E-state index contributed by atoms with van der Waals surface area (Å²) in [6.07, 6.45) is 3.38. The Kier molecular flexibility index (Phi) is 3.76. The van der Waals surface area contributed by atoms with Crippen molar-refractivity contribution in [3.05, 3.63) is 22.5 Å². The standard InChI is InChI=1S/C10H16N4O2/c1-10(2,3)4-5-11-9-12-6-8(7-13-9)14(15)16/h6-7H,4-5H2,1-3H3,(H,11,12,13). The Morgan fingerprint density at radius 2 is 1.94 bits per heavy atom. The minimum absolute atomic E-state index is 0.0960. The van der Waals surface area contributed by atoms with Crippen LogP contribution in [0.15, 0.2) is 12.4 Å². The van der Waals surface area contributed by atoms with Crippen molar-refractivity contribution < 1.29 is 4.92 Å². The van der Waals surface area contributed by atoms with E-state index in [1.54, 1.807) is 0 Å². The fourth-order valence-electron chi connectivity index (χ4n) is 1.06. The van der Waals surface area contributed by atoms with E-state index in [0.29, 0.717) is 5.95 Å². The van der Waals surface area contributed by atoms with Gasteiger partial charge in [0.25, 0.3) is 0 Å². The summed E-state index contributed by atoms with van der Waals surface area (Å²) in [7, 11) is 0. The third-order valence-corrected chi connectivity index (χ3v) is 2.01. The predicted molar refractivity (Wildman–Crippen MR) is 61.2 cm³/mol. The molecule has 0 spiro atoms. The molecule has 0 aromatic carbocycles. The molecule has 1 N–H and O–H groups in total. The molecule has 6 nitrogen and oxygen atoms in total. The number of nitro groups is 1. The molecule has 0 radical (unpaired) electrons. The third kappa shape index (κ3) is 4.20. The maximum Gasteiger partial charge on any atom is 0.305 e. The largest absolute Gasteiger partial charge is 0.354 e. The maximum atomic E-state index is 10.4. The van der Waals surface area contributed by atoms with Gasteiger partial charge in [-0.15, -0.1) is 0 Å². The molecular formula is C10H16N4O2. The Morgan fingerprint density at radius 1 is 1.38 bits per heavy atom. The van der Waals surface area contributed by atoms with Gasteiger partial charge in [0, 0.05) is 6.54 Å². The van der Waals surface area contributed by atoms with E-state index in [-0.39, 0.29) is 11.1 Å². The average molecular weight is 224 g/mol. The van der Waals surface area contributed by atoms with Crippen LogP contribution in [0.4, 0.5) is 11.6 Å². The SMILES string of the molecule is CC(C)(C)CCNc1ncc([N+](=O)[O-])cn1.